The Morgan fingerprint density at radius 2 is 1.88 bits per heavy atom. The molecule has 1 aromatic heterocycles. The molecule has 7 heteroatoms. The van der Waals surface area contributed by atoms with E-state index in [1.54, 1.807) is 18.3 Å². The predicted octanol–water partition coefficient (Wildman–Crippen LogP) is 7.16. The molecule has 0 bridgehead atoms. The zero-order chi connectivity index (χ0) is 23.2. The maximum atomic E-state index is 14.2. The number of rotatable bonds is 8. The highest BCUT2D eigenvalue weighted by Gasteiger charge is 2.18. The Bertz CT molecular complexity index is 1260. The summed E-state index contributed by atoms with van der Waals surface area (Å²) in [5, 5.41) is 7.57. The van der Waals surface area contributed by atoms with Gasteiger partial charge in [-0.3, -0.25) is 4.79 Å². The third-order valence-electron chi connectivity index (χ3n) is 5.12. The first-order chi connectivity index (χ1) is 16.1. The standard InChI is InChI=1S/C26H23ClFN3OS/c1-2-8-24-22(16-29-31(24)20-11-4-3-5-12-20)26(32)30-19-10-7-13-21(15-19)33-17-18-9-6-14-23(27)25(18)28/h3-7,9-16H,2,8,17H2,1H3,(H,30,32). The summed E-state index contributed by atoms with van der Waals surface area (Å²) in [5.74, 6) is -0.160. The molecular formula is C26H23ClFN3OS. The molecule has 0 saturated heterocycles. The summed E-state index contributed by atoms with van der Waals surface area (Å²) in [6.07, 6.45) is 3.25. The maximum Gasteiger partial charge on any atom is 0.259 e. The molecule has 0 aliphatic rings. The smallest absolute Gasteiger partial charge is 0.259 e. The zero-order valence-electron chi connectivity index (χ0n) is 18.1. The van der Waals surface area contributed by atoms with Crippen molar-refractivity contribution in [1.29, 1.82) is 0 Å². The topological polar surface area (TPSA) is 46.9 Å². The molecule has 4 aromatic rings. The van der Waals surface area contributed by atoms with Crippen molar-refractivity contribution >= 4 is 35.0 Å². The largest absolute Gasteiger partial charge is 0.322 e. The number of thioether (sulfide) groups is 1. The number of nitrogens with zero attached hydrogens (tertiary/aromatic N) is 2. The first-order valence-corrected chi connectivity index (χ1v) is 12.0. The normalized spacial score (nSPS) is 10.9. The zero-order valence-corrected chi connectivity index (χ0v) is 19.7. The molecule has 0 fully saturated rings. The first kappa shape index (κ1) is 23.1. The van der Waals surface area contributed by atoms with Gasteiger partial charge in [-0.15, -0.1) is 11.8 Å². The van der Waals surface area contributed by atoms with Gasteiger partial charge in [0.05, 0.1) is 28.2 Å². The molecule has 0 spiro atoms. The van der Waals surface area contributed by atoms with Crippen LogP contribution in [-0.4, -0.2) is 15.7 Å². The molecule has 4 nitrogen and oxygen atoms in total. The van der Waals surface area contributed by atoms with E-state index in [-0.39, 0.29) is 10.9 Å². The van der Waals surface area contributed by atoms with E-state index in [1.807, 2.05) is 59.3 Å². The van der Waals surface area contributed by atoms with Crippen molar-refractivity contribution in [3.8, 4) is 5.69 Å². The van der Waals surface area contributed by atoms with E-state index in [9.17, 15) is 9.18 Å². The van der Waals surface area contributed by atoms with Gasteiger partial charge >= 0.3 is 0 Å². The number of amides is 1. The van der Waals surface area contributed by atoms with Crippen molar-refractivity contribution < 1.29 is 9.18 Å². The lowest BCUT2D eigenvalue weighted by molar-refractivity contribution is 0.102. The summed E-state index contributed by atoms with van der Waals surface area (Å²) in [6, 6.07) is 22.3. The number of para-hydroxylation sites is 1. The Balaban J connectivity index is 1.50. The number of nitrogens with one attached hydrogen (secondary N) is 1. The third-order valence-corrected chi connectivity index (χ3v) is 6.45. The molecule has 0 atom stereocenters. The fourth-order valence-electron chi connectivity index (χ4n) is 3.52. The number of hydrogen-bond acceptors (Lipinski definition) is 3. The second-order valence-electron chi connectivity index (χ2n) is 7.49. The highest BCUT2D eigenvalue weighted by atomic mass is 35.5. The lowest BCUT2D eigenvalue weighted by Gasteiger charge is -2.10. The van der Waals surface area contributed by atoms with Gasteiger partial charge in [0.1, 0.15) is 5.82 Å². The number of aromatic nitrogens is 2. The predicted molar refractivity (Wildman–Crippen MR) is 133 cm³/mol. The number of anilines is 1. The number of carbonyl (C=O) groups is 1. The van der Waals surface area contributed by atoms with Crippen LogP contribution in [0.1, 0.15) is 35.0 Å². The van der Waals surface area contributed by atoms with Gasteiger partial charge in [-0.1, -0.05) is 61.3 Å². The molecule has 1 amide bonds. The summed E-state index contributed by atoms with van der Waals surface area (Å²) in [7, 11) is 0. The SMILES string of the molecule is CCCc1c(C(=O)Nc2cccc(SCc3cccc(Cl)c3F)c2)cnn1-c1ccccc1. The monoisotopic (exact) mass is 479 g/mol. The minimum absolute atomic E-state index is 0.119. The molecule has 33 heavy (non-hydrogen) atoms. The molecule has 0 aliphatic carbocycles. The average Bonchev–Trinajstić information content (AvgIpc) is 3.25. The maximum absolute atomic E-state index is 14.2. The molecule has 168 valence electrons. The Kier molecular flexibility index (Phi) is 7.47. The van der Waals surface area contributed by atoms with Crippen LogP contribution in [-0.2, 0) is 12.2 Å². The van der Waals surface area contributed by atoms with Crippen LogP contribution in [0.4, 0.5) is 10.1 Å². The van der Waals surface area contributed by atoms with Gasteiger partial charge in [-0.2, -0.15) is 5.10 Å². The van der Waals surface area contributed by atoms with Crippen molar-refractivity contribution in [1.82, 2.24) is 9.78 Å². The lowest BCUT2D eigenvalue weighted by Crippen LogP contribution is -2.14. The molecule has 4 rings (SSSR count). The van der Waals surface area contributed by atoms with E-state index in [2.05, 4.69) is 17.3 Å². The minimum atomic E-state index is -0.394. The molecule has 0 radical (unpaired) electrons. The fraction of sp³-hybridized carbons (Fsp3) is 0.154. The molecular weight excluding hydrogens is 457 g/mol. The highest BCUT2D eigenvalue weighted by Crippen LogP contribution is 2.28. The van der Waals surface area contributed by atoms with E-state index in [0.717, 1.165) is 29.1 Å². The van der Waals surface area contributed by atoms with Gasteiger partial charge in [0, 0.05) is 16.3 Å². The van der Waals surface area contributed by atoms with Gasteiger partial charge in [-0.05, 0) is 48.4 Å². The van der Waals surface area contributed by atoms with Crippen molar-refractivity contribution in [3.63, 3.8) is 0 Å². The Hall–Kier alpha value is -3.09. The number of carbonyl (C=O) groups excluding carboxylic acids is 1. The third kappa shape index (κ3) is 5.46. The molecule has 1 N–H and O–H groups in total. The van der Waals surface area contributed by atoms with E-state index < -0.39 is 5.82 Å². The second-order valence-corrected chi connectivity index (χ2v) is 8.94. The Labute approximate surface area is 201 Å². The van der Waals surface area contributed by atoms with Crippen molar-refractivity contribution in [3.05, 3.63) is 107 Å². The minimum Gasteiger partial charge on any atom is -0.322 e. The second kappa shape index (κ2) is 10.7. The van der Waals surface area contributed by atoms with Crippen LogP contribution in [0.3, 0.4) is 0 Å². The Morgan fingerprint density at radius 3 is 2.67 bits per heavy atom. The highest BCUT2D eigenvalue weighted by molar-refractivity contribution is 7.98. The molecule has 0 aliphatic heterocycles. The van der Waals surface area contributed by atoms with Crippen LogP contribution < -0.4 is 5.32 Å². The van der Waals surface area contributed by atoms with Crippen LogP contribution >= 0.6 is 23.4 Å². The molecule has 3 aromatic carbocycles. The van der Waals surface area contributed by atoms with Crippen LogP contribution in [0, 0.1) is 5.82 Å². The van der Waals surface area contributed by atoms with Gasteiger partial charge in [0.25, 0.3) is 5.91 Å². The van der Waals surface area contributed by atoms with Crippen LogP contribution in [0.2, 0.25) is 5.02 Å². The number of halogens is 2. The summed E-state index contributed by atoms with van der Waals surface area (Å²) in [5.41, 5.74) is 3.57. The van der Waals surface area contributed by atoms with Gasteiger partial charge in [0.15, 0.2) is 0 Å². The first-order valence-electron chi connectivity index (χ1n) is 10.7. The van der Waals surface area contributed by atoms with E-state index in [0.29, 0.717) is 22.6 Å². The van der Waals surface area contributed by atoms with E-state index in [4.69, 9.17) is 11.6 Å². The molecule has 1 heterocycles. The summed E-state index contributed by atoms with van der Waals surface area (Å²) >= 11 is 7.35. The van der Waals surface area contributed by atoms with Crippen molar-refractivity contribution in [2.24, 2.45) is 0 Å². The summed E-state index contributed by atoms with van der Waals surface area (Å²) in [6.45, 7) is 2.08. The average molecular weight is 480 g/mol. The van der Waals surface area contributed by atoms with Crippen LogP contribution in [0.5, 0.6) is 0 Å². The summed E-state index contributed by atoms with van der Waals surface area (Å²) < 4.78 is 16.0. The van der Waals surface area contributed by atoms with Crippen molar-refractivity contribution in [2.75, 3.05) is 5.32 Å². The van der Waals surface area contributed by atoms with Crippen LogP contribution in [0.25, 0.3) is 5.69 Å². The quantitative estimate of drug-likeness (QED) is 0.273. The summed E-state index contributed by atoms with van der Waals surface area (Å²) in [4.78, 5) is 14.0. The van der Waals surface area contributed by atoms with E-state index in [1.165, 1.54) is 17.8 Å². The lowest BCUT2D eigenvalue weighted by atomic mass is 10.1. The van der Waals surface area contributed by atoms with E-state index >= 15 is 0 Å². The number of hydrogen-bond donors (Lipinski definition) is 1. The van der Waals surface area contributed by atoms with Gasteiger partial charge in [0.2, 0.25) is 0 Å². The van der Waals surface area contributed by atoms with Crippen LogP contribution in [0.15, 0.2) is 83.9 Å². The van der Waals surface area contributed by atoms with Gasteiger partial charge < -0.3 is 5.32 Å². The Morgan fingerprint density at radius 1 is 1.09 bits per heavy atom. The van der Waals surface area contributed by atoms with Crippen molar-refractivity contribution in [2.45, 2.75) is 30.4 Å². The fourth-order valence-corrected chi connectivity index (χ4v) is 4.64. The molecule has 0 saturated carbocycles. The number of benzene rings is 3. The van der Waals surface area contributed by atoms with Gasteiger partial charge in [-0.25, -0.2) is 9.07 Å². The molecule has 0 unspecified atom stereocenters.